The third-order valence-electron chi connectivity index (χ3n) is 14.5. The second kappa shape index (κ2) is 14.0. The second-order valence-corrected chi connectivity index (χ2v) is 27.3. The number of fused-ring (bicyclic) bond motifs is 12. The molecule has 62 heavy (non-hydrogen) atoms. The number of hydrogen-bond donors (Lipinski definition) is 0. The molecule has 6 heteroatoms. The lowest BCUT2D eigenvalue weighted by atomic mass is 10.1. The molecule has 0 bridgehead atoms. The molecule has 0 aliphatic carbocycles. The Morgan fingerprint density at radius 2 is 0.435 bits per heavy atom. The Labute approximate surface area is 364 Å². The summed E-state index contributed by atoms with van der Waals surface area (Å²) in [6.45, 7) is 9.91. The molecule has 0 atom stereocenters. The van der Waals surface area contributed by atoms with E-state index in [0.29, 0.717) is 0 Å². The zero-order chi connectivity index (χ0) is 42.7. The Balaban J connectivity index is 0.000000139. The largest absolute Gasteiger partial charge is 0.344 e. The van der Waals surface area contributed by atoms with Gasteiger partial charge in [0.15, 0.2) is 0 Å². The summed E-state index contributed by atoms with van der Waals surface area (Å²) in [6, 6.07) is 63.5. The van der Waals surface area contributed by atoms with E-state index in [1.807, 2.05) is 0 Å². The average molecular weight is 837 g/mol. The van der Waals surface area contributed by atoms with Gasteiger partial charge in [-0.25, -0.2) is 0 Å². The maximum Gasteiger partial charge on any atom is 0.112 e. The van der Waals surface area contributed by atoms with Crippen LogP contribution in [0.1, 0.15) is 0 Å². The van der Waals surface area contributed by atoms with Crippen molar-refractivity contribution in [2.75, 3.05) is 0 Å². The van der Waals surface area contributed by atoms with Crippen molar-refractivity contribution in [3.05, 3.63) is 170 Å². The molecular formula is C56H52N4Si2. The summed E-state index contributed by atoms with van der Waals surface area (Å²) < 4.78 is 9.24. The number of aromatic nitrogens is 4. The fourth-order valence-electron chi connectivity index (χ4n) is 10.6. The molecule has 0 N–H and O–H groups in total. The van der Waals surface area contributed by atoms with E-state index >= 15 is 0 Å². The average Bonchev–Trinajstić information content (AvgIpc) is 3.97. The fourth-order valence-corrected chi connectivity index (χ4v) is 15.2. The lowest BCUT2D eigenvalue weighted by Crippen LogP contribution is -2.52. The van der Waals surface area contributed by atoms with Crippen LogP contribution in [0.4, 0.5) is 0 Å². The number of aryl methyl sites for hydroxylation is 4. The van der Waals surface area contributed by atoms with E-state index in [2.05, 4.69) is 243 Å². The van der Waals surface area contributed by atoms with Crippen molar-refractivity contribution in [3.8, 4) is 0 Å². The molecule has 12 rings (SSSR count). The van der Waals surface area contributed by atoms with Gasteiger partial charge in [0.25, 0.3) is 0 Å². The van der Waals surface area contributed by atoms with Gasteiger partial charge in [0.1, 0.15) is 16.1 Å². The van der Waals surface area contributed by atoms with Gasteiger partial charge in [0.2, 0.25) is 0 Å². The van der Waals surface area contributed by atoms with E-state index in [4.69, 9.17) is 0 Å². The molecule has 0 amide bonds. The maximum absolute atomic E-state index is 2.48. The molecule has 0 aliphatic rings. The summed E-state index contributed by atoms with van der Waals surface area (Å²) in [5, 5.41) is 16.8. The number of nitrogens with zero attached hydrogens (tertiary/aromatic N) is 4. The highest BCUT2D eigenvalue weighted by molar-refractivity contribution is 7.01. The summed E-state index contributed by atoms with van der Waals surface area (Å²) in [6.07, 6.45) is 0. The van der Waals surface area contributed by atoms with Crippen LogP contribution in [0.25, 0.3) is 87.2 Å². The van der Waals surface area contributed by atoms with Gasteiger partial charge in [-0.05, 0) is 48.5 Å². The lowest BCUT2D eigenvalue weighted by Gasteiger charge is -2.24. The van der Waals surface area contributed by atoms with Gasteiger partial charge in [-0.3, -0.25) is 0 Å². The van der Waals surface area contributed by atoms with Crippen LogP contribution in [0.5, 0.6) is 0 Å². The third-order valence-corrected chi connectivity index (χ3v) is 21.6. The number of hydrogen-bond acceptors (Lipinski definition) is 0. The number of benzene rings is 8. The molecular weight excluding hydrogens is 785 g/mol. The fraction of sp³-hybridized carbons (Fsp3) is 0.143. The summed E-state index contributed by atoms with van der Waals surface area (Å²) >= 11 is 0. The predicted octanol–water partition coefficient (Wildman–Crippen LogP) is 11.6. The van der Waals surface area contributed by atoms with E-state index < -0.39 is 16.1 Å². The molecule has 4 nitrogen and oxygen atoms in total. The molecule has 0 saturated carbocycles. The molecule has 0 spiro atoms. The standard InChI is InChI=1S/2C28H26N2Si/c2*1-29-25-11-7-5-9-21(25)23-17-19(13-15-27(23)29)31(3,4)20-14-16-28-24(18-20)22-10-6-8-12-26(22)30(28)2/h2*5-18H,1-4H3. The van der Waals surface area contributed by atoms with Gasteiger partial charge in [0, 0.05) is 115 Å². The maximum atomic E-state index is 2.48. The van der Waals surface area contributed by atoms with Gasteiger partial charge < -0.3 is 18.3 Å². The van der Waals surface area contributed by atoms with Crippen LogP contribution >= 0.6 is 0 Å². The molecule has 4 heterocycles. The van der Waals surface area contributed by atoms with Crippen molar-refractivity contribution in [2.45, 2.75) is 26.2 Å². The molecule has 0 aliphatic heterocycles. The molecule has 0 unspecified atom stereocenters. The molecule has 0 fully saturated rings. The highest BCUT2D eigenvalue weighted by atomic mass is 28.3. The van der Waals surface area contributed by atoms with Gasteiger partial charge >= 0.3 is 0 Å². The minimum atomic E-state index is -1.86. The molecule has 0 saturated heterocycles. The van der Waals surface area contributed by atoms with E-state index in [1.165, 1.54) is 108 Å². The topological polar surface area (TPSA) is 19.7 Å². The first-order valence-corrected chi connectivity index (χ1v) is 27.8. The SMILES string of the molecule is Cn1c2ccccc2c2cc([Si](C)(C)c3ccc4c(c3)c3ccccc3n4C)ccc21.Cn1c2ccccc2c2cc([Si](C)(C)c3ccc4c(c3)c3ccccc3n4C)ccc21. The highest BCUT2D eigenvalue weighted by Crippen LogP contribution is 2.32. The lowest BCUT2D eigenvalue weighted by molar-refractivity contribution is 1.01. The van der Waals surface area contributed by atoms with Crippen LogP contribution < -0.4 is 20.7 Å². The Morgan fingerprint density at radius 3 is 0.661 bits per heavy atom. The van der Waals surface area contributed by atoms with Crippen molar-refractivity contribution in [3.63, 3.8) is 0 Å². The Kier molecular flexibility index (Phi) is 8.63. The predicted molar refractivity (Wildman–Crippen MR) is 275 cm³/mol. The van der Waals surface area contributed by atoms with Crippen LogP contribution in [0.3, 0.4) is 0 Å². The molecule has 4 aromatic heterocycles. The summed E-state index contributed by atoms with van der Waals surface area (Å²) in [7, 11) is 4.94. The van der Waals surface area contributed by atoms with Gasteiger partial charge in [-0.1, -0.05) is 168 Å². The Bertz CT molecular complexity index is 3270. The van der Waals surface area contributed by atoms with Gasteiger partial charge in [0.05, 0.1) is 0 Å². The first-order chi connectivity index (χ1) is 29.9. The van der Waals surface area contributed by atoms with E-state index in [1.54, 1.807) is 0 Å². The van der Waals surface area contributed by atoms with Crippen molar-refractivity contribution in [1.29, 1.82) is 0 Å². The summed E-state index contributed by atoms with van der Waals surface area (Å²) in [5.74, 6) is 0. The van der Waals surface area contributed by atoms with Crippen LogP contribution in [0.15, 0.2) is 170 Å². The zero-order valence-corrected chi connectivity index (χ0v) is 39.0. The van der Waals surface area contributed by atoms with Crippen molar-refractivity contribution in [2.24, 2.45) is 28.2 Å². The third kappa shape index (κ3) is 5.63. The van der Waals surface area contributed by atoms with E-state index in [9.17, 15) is 0 Å². The Morgan fingerprint density at radius 1 is 0.242 bits per heavy atom. The van der Waals surface area contributed by atoms with Gasteiger partial charge in [-0.2, -0.15) is 0 Å². The number of para-hydroxylation sites is 4. The summed E-state index contributed by atoms with van der Waals surface area (Å²) in [4.78, 5) is 0. The molecule has 304 valence electrons. The molecule has 0 radical (unpaired) electrons. The van der Waals surface area contributed by atoms with Crippen molar-refractivity contribution >= 4 is 124 Å². The number of rotatable bonds is 4. The van der Waals surface area contributed by atoms with Crippen LogP contribution in [-0.2, 0) is 28.2 Å². The highest BCUT2D eigenvalue weighted by Gasteiger charge is 2.29. The van der Waals surface area contributed by atoms with Gasteiger partial charge in [-0.15, -0.1) is 0 Å². The summed E-state index contributed by atoms with van der Waals surface area (Å²) in [5.41, 5.74) is 10.4. The van der Waals surface area contributed by atoms with Crippen molar-refractivity contribution in [1.82, 2.24) is 18.3 Å². The van der Waals surface area contributed by atoms with Crippen molar-refractivity contribution < 1.29 is 0 Å². The van der Waals surface area contributed by atoms with E-state index in [0.717, 1.165) is 0 Å². The van der Waals surface area contributed by atoms with Crippen LogP contribution in [-0.4, -0.2) is 34.4 Å². The molecule has 12 aromatic rings. The quantitative estimate of drug-likeness (QED) is 0.157. The first kappa shape index (κ1) is 38.3. The second-order valence-electron chi connectivity index (χ2n) is 18.5. The molecule has 8 aromatic carbocycles. The smallest absolute Gasteiger partial charge is 0.112 e. The zero-order valence-electron chi connectivity index (χ0n) is 37.0. The minimum Gasteiger partial charge on any atom is -0.344 e. The Hall–Kier alpha value is -6.61. The minimum absolute atomic E-state index is 1.30. The first-order valence-electron chi connectivity index (χ1n) is 21.8. The van der Waals surface area contributed by atoms with Crippen LogP contribution in [0, 0.1) is 0 Å². The monoisotopic (exact) mass is 836 g/mol. The normalized spacial score (nSPS) is 12.5. The van der Waals surface area contributed by atoms with Crippen LogP contribution in [0.2, 0.25) is 26.2 Å². The van der Waals surface area contributed by atoms with E-state index in [-0.39, 0.29) is 0 Å².